The van der Waals surface area contributed by atoms with Gasteiger partial charge in [0.2, 0.25) is 0 Å². The Bertz CT molecular complexity index is 1480. The van der Waals surface area contributed by atoms with Crippen LogP contribution in [-0.4, -0.2) is 16.1 Å². The van der Waals surface area contributed by atoms with E-state index in [0.717, 1.165) is 12.1 Å². The molecule has 0 amide bonds. The molecule has 4 aromatic rings. The number of hydrogen-bond acceptors (Lipinski definition) is 4. The fourth-order valence-electron chi connectivity index (χ4n) is 4.67. The summed E-state index contributed by atoms with van der Waals surface area (Å²) in [7, 11) is 1.66. The number of benzene rings is 3. The van der Waals surface area contributed by atoms with Crippen LogP contribution in [0.2, 0.25) is 0 Å². The smallest absolute Gasteiger partial charge is 0.262 e. The molecule has 0 radical (unpaired) electrons. The number of nitrogens with one attached hydrogen (secondary N) is 1. The van der Waals surface area contributed by atoms with Crippen molar-refractivity contribution in [2.75, 3.05) is 5.32 Å². The van der Waals surface area contributed by atoms with Gasteiger partial charge in [-0.2, -0.15) is 0 Å². The number of pyridine rings is 1. The fraction of sp³-hybridized carbons (Fsp3) is 0.179. The third-order valence-corrected chi connectivity index (χ3v) is 6.32. The number of rotatable bonds is 6. The number of anilines is 2. The fourth-order valence-corrected chi connectivity index (χ4v) is 4.67. The lowest BCUT2D eigenvalue weighted by molar-refractivity contribution is 0.0976. The molecule has 0 atom stereocenters. The summed E-state index contributed by atoms with van der Waals surface area (Å²) >= 11 is 0. The molecule has 1 aliphatic carbocycles. The molecule has 0 saturated heterocycles. The highest BCUT2D eigenvalue weighted by Crippen LogP contribution is 2.43. The summed E-state index contributed by atoms with van der Waals surface area (Å²) in [6, 6.07) is 20.6. The van der Waals surface area contributed by atoms with Crippen LogP contribution in [0.4, 0.5) is 11.4 Å². The Labute approximate surface area is 191 Å². The number of para-hydroxylation sites is 1. The van der Waals surface area contributed by atoms with Crippen LogP contribution in [0, 0.1) is 0 Å². The molecule has 1 aliphatic rings. The van der Waals surface area contributed by atoms with Crippen molar-refractivity contribution < 1.29 is 9.59 Å². The first-order valence-corrected chi connectivity index (χ1v) is 11.2. The van der Waals surface area contributed by atoms with Gasteiger partial charge in [-0.15, -0.1) is 0 Å². The highest BCUT2D eigenvalue weighted by molar-refractivity contribution is 6.30. The number of ketones is 2. The van der Waals surface area contributed by atoms with E-state index in [1.165, 1.54) is 4.57 Å². The highest BCUT2D eigenvalue weighted by atomic mass is 16.1. The molecule has 1 heterocycles. The molecule has 0 saturated carbocycles. The van der Waals surface area contributed by atoms with Crippen molar-refractivity contribution in [3.05, 3.63) is 93.8 Å². The summed E-state index contributed by atoms with van der Waals surface area (Å²) in [5.41, 5.74) is 4.22. The Morgan fingerprint density at radius 1 is 0.879 bits per heavy atom. The van der Waals surface area contributed by atoms with Crippen LogP contribution < -0.4 is 10.9 Å². The molecule has 33 heavy (non-hydrogen) atoms. The molecule has 0 fully saturated rings. The van der Waals surface area contributed by atoms with Gasteiger partial charge in [-0.3, -0.25) is 14.4 Å². The van der Waals surface area contributed by atoms with Crippen LogP contribution in [0.3, 0.4) is 0 Å². The van der Waals surface area contributed by atoms with Crippen molar-refractivity contribution in [2.24, 2.45) is 7.05 Å². The van der Waals surface area contributed by atoms with Crippen molar-refractivity contribution in [3.8, 4) is 11.1 Å². The molecule has 3 aromatic carbocycles. The Balaban J connectivity index is 1.89. The van der Waals surface area contributed by atoms with Gasteiger partial charge in [-0.25, -0.2) is 0 Å². The number of carbonyl (C=O) groups is 2. The van der Waals surface area contributed by atoms with E-state index in [-0.39, 0.29) is 22.7 Å². The number of fused-ring (bicyclic) bond motifs is 2. The topological polar surface area (TPSA) is 68.2 Å². The van der Waals surface area contributed by atoms with Crippen LogP contribution in [0.15, 0.2) is 71.5 Å². The predicted molar refractivity (Wildman–Crippen MR) is 132 cm³/mol. The maximum absolute atomic E-state index is 13.7. The molecule has 0 aliphatic heterocycles. The predicted octanol–water partition coefficient (Wildman–Crippen LogP) is 5.87. The molecular formula is C28H24N2O3. The van der Waals surface area contributed by atoms with Crippen molar-refractivity contribution in [1.29, 1.82) is 0 Å². The zero-order chi connectivity index (χ0) is 23.1. The van der Waals surface area contributed by atoms with Crippen molar-refractivity contribution in [2.45, 2.75) is 26.2 Å². The molecule has 1 N–H and O–H groups in total. The summed E-state index contributed by atoms with van der Waals surface area (Å²) in [5, 5.41) is 4.02. The Kier molecular flexibility index (Phi) is 5.17. The third kappa shape index (κ3) is 3.28. The molecule has 5 rings (SSSR count). The van der Waals surface area contributed by atoms with Gasteiger partial charge in [0.15, 0.2) is 11.6 Å². The van der Waals surface area contributed by atoms with Gasteiger partial charge >= 0.3 is 0 Å². The van der Waals surface area contributed by atoms with Gasteiger partial charge in [0.1, 0.15) is 0 Å². The van der Waals surface area contributed by atoms with E-state index < -0.39 is 0 Å². The van der Waals surface area contributed by atoms with E-state index in [4.69, 9.17) is 0 Å². The normalized spacial score (nSPS) is 12.0. The second-order valence-corrected chi connectivity index (χ2v) is 8.39. The number of unbranched alkanes of at least 4 members (excludes halogenated alkanes) is 1. The minimum Gasteiger partial charge on any atom is -0.355 e. The number of nitrogens with zero attached hydrogens (tertiary/aromatic N) is 1. The van der Waals surface area contributed by atoms with Crippen molar-refractivity contribution in [1.82, 2.24) is 4.57 Å². The minimum atomic E-state index is -0.322. The molecule has 0 unspecified atom stereocenters. The zero-order valence-electron chi connectivity index (χ0n) is 18.6. The van der Waals surface area contributed by atoms with E-state index in [2.05, 4.69) is 5.32 Å². The Morgan fingerprint density at radius 3 is 2.30 bits per heavy atom. The second kappa shape index (κ2) is 8.17. The number of carbonyl (C=O) groups excluding carboxylic acids is 2. The highest BCUT2D eigenvalue weighted by Gasteiger charge is 2.33. The van der Waals surface area contributed by atoms with Gasteiger partial charge in [0.05, 0.1) is 22.3 Å². The standard InChI is InChI=1S/C28H24N2O3/c1-3-4-14-22(31)26-23-18-12-8-9-13-19(18)27(32)24-20(29-17-10-6-5-7-11-17)15-16-21(25(23)24)30(2)28(26)33/h5-13,15-16,29H,3-4,14H2,1-2H3. The first kappa shape index (κ1) is 20.9. The third-order valence-electron chi connectivity index (χ3n) is 6.32. The van der Waals surface area contributed by atoms with Crippen LogP contribution >= 0.6 is 0 Å². The monoisotopic (exact) mass is 436 g/mol. The summed E-state index contributed by atoms with van der Waals surface area (Å²) < 4.78 is 1.50. The van der Waals surface area contributed by atoms with Crippen molar-refractivity contribution in [3.63, 3.8) is 0 Å². The van der Waals surface area contributed by atoms with Crippen LogP contribution in [0.5, 0.6) is 0 Å². The Morgan fingerprint density at radius 2 is 1.58 bits per heavy atom. The van der Waals surface area contributed by atoms with Crippen LogP contribution in [-0.2, 0) is 7.05 Å². The SMILES string of the molecule is CCCCC(=O)c1c2c3c(c(Nc4ccccc4)ccc3n(C)c1=O)C(=O)c1ccccc1-2. The number of Topliss-reactive ketones (excluding diaryl/α,β-unsaturated/α-hetero) is 1. The molecule has 1 aromatic heterocycles. The number of hydrogen-bond donors (Lipinski definition) is 1. The van der Waals surface area contributed by atoms with E-state index in [1.54, 1.807) is 13.1 Å². The maximum Gasteiger partial charge on any atom is 0.262 e. The van der Waals surface area contributed by atoms with E-state index in [1.807, 2.05) is 67.6 Å². The van der Waals surface area contributed by atoms with Gasteiger partial charge in [-0.05, 0) is 36.2 Å². The summed E-state index contributed by atoms with van der Waals surface area (Å²) in [6.45, 7) is 2.02. The summed E-state index contributed by atoms with van der Waals surface area (Å²) in [4.78, 5) is 40.4. The molecule has 0 spiro atoms. The molecule has 0 bridgehead atoms. The second-order valence-electron chi connectivity index (χ2n) is 8.39. The van der Waals surface area contributed by atoms with Crippen LogP contribution in [0.25, 0.3) is 22.0 Å². The van der Waals surface area contributed by atoms with Gasteiger partial charge in [0, 0.05) is 35.7 Å². The summed E-state index contributed by atoms with van der Waals surface area (Å²) in [5.74, 6) is -0.293. The zero-order valence-corrected chi connectivity index (χ0v) is 18.6. The largest absolute Gasteiger partial charge is 0.355 e. The molecule has 5 heteroatoms. The lowest BCUT2D eigenvalue weighted by Crippen LogP contribution is -2.28. The van der Waals surface area contributed by atoms with E-state index in [0.29, 0.717) is 51.7 Å². The quantitative estimate of drug-likeness (QED) is 0.338. The average Bonchev–Trinajstić information content (AvgIpc) is 2.84. The molecule has 5 nitrogen and oxygen atoms in total. The van der Waals surface area contributed by atoms with Gasteiger partial charge < -0.3 is 9.88 Å². The molecular weight excluding hydrogens is 412 g/mol. The number of aromatic nitrogens is 1. The average molecular weight is 437 g/mol. The molecule has 164 valence electrons. The van der Waals surface area contributed by atoms with E-state index >= 15 is 0 Å². The van der Waals surface area contributed by atoms with Gasteiger partial charge in [0.25, 0.3) is 5.56 Å². The van der Waals surface area contributed by atoms with Crippen LogP contribution in [0.1, 0.15) is 52.5 Å². The first-order chi connectivity index (χ1) is 16.0. The maximum atomic E-state index is 13.7. The lowest BCUT2D eigenvalue weighted by Gasteiger charge is -2.25. The van der Waals surface area contributed by atoms with Gasteiger partial charge in [-0.1, -0.05) is 55.8 Å². The minimum absolute atomic E-state index is 0.118. The number of aryl methyl sites for hydroxylation is 1. The Hall–Kier alpha value is -3.99. The van der Waals surface area contributed by atoms with E-state index in [9.17, 15) is 14.4 Å². The first-order valence-electron chi connectivity index (χ1n) is 11.2. The lowest BCUT2D eigenvalue weighted by atomic mass is 9.80. The summed E-state index contributed by atoms with van der Waals surface area (Å²) in [6.07, 6.45) is 1.88. The van der Waals surface area contributed by atoms with Crippen molar-refractivity contribution >= 4 is 33.8 Å².